The van der Waals surface area contributed by atoms with Gasteiger partial charge in [-0.15, -0.1) is 0 Å². The van der Waals surface area contributed by atoms with E-state index in [0.29, 0.717) is 11.8 Å². The van der Waals surface area contributed by atoms with Gasteiger partial charge in [-0.1, -0.05) is 32.1 Å². The molecule has 2 heterocycles. The number of rotatable bonds is 3. The minimum atomic E-state index is 0.716. The van der Waals surface area contributed by atoms with E-state index in [1.165, 1.54) is 11.3 Å². The quantitative estimate of drug-likeness (QED) is 0.759. The first-order valence-electron chi connectivity index (χ1n) is 5.85. The van der Waals surface area contributed by atoms with E-state index in [9.17, 15) is 4.79 Å². The first-order chi connectivity index (χ1) is 7.65. The van der Waals surface area contributed by atoms with Crippen molar-refractivity contribution in [3.8, 4) is 0 Å². The highest BCUT2D eigenvalue weighted by Gasteiger charge is 2.28. The van der Waals surface area contributed by atoms with Crippen LogP contribution >= 0.6 is 11.3 Å². The molecule has 1 saturated heterocycles. The molecule has 88 valence electrons. The molecule has 0 N–H and O–H groups in total. The number of aromatic nitrogens is 1. The zero-order chi connectivity index (χ0) is 11.7. The maximum Gasteiger partial charge on any atom is 0.186 e. The fourth-order valence-electron chi connectivity index (χ4n) is 2.12. The summed E-state index contributed by atoms with van der Waals surface area (Å²) in [6.45, 7) is 8.73. The number of carbonyl (C=O) groups excluding carboxylic acids is 1. The van der Waals surface area contributed by atoms with Crippen LogP contribution in [0, 0.1) is 11.8 Å². The third-order valence-electron chi connectivity index (χ3n) is 3.42. The van der Waals surface area contributed by atoms with Crippen LogP contribution in [0.5, 0.6) is 0 Å². The number of thiazole rings is 1. The van der Waals surface area contributed by atoms with Crippen LogP contribution in [-0.2, 0) is 6.42 Å². The van der Waals surface area contributed by atoms with E-state index >= 15 is 0 Å². The number of nitrogens with zero attached hydrogens (tertiary/aromatic N) is 2. The highest BCUT2D eigenvalue weighted by Crippen LogP contribution is 2.32. The van der Waals surface area contributed by atoms with Crippen molar-refractivity contribution in [1.29, 1.82) is 0 Å². The summed E-state index contributed by atoms with van der Waals surface area (Å²) in [4.78, 5) is 18.6. The maximum atomic E-state index is 10.9. The SMILES string of the molecule is CCc1nc(N2CC(C)C(C)C2)sc1C=O. The van der Waals surface area contributed by atoms with E-state index in [4.69, 9.17) is 0 Å². The van der Waals surface area contributed by atoms with Crippen LogP contribution in [0.2, 0.25) is 0 Å². The van der Waals surface area contributed by atoms with Crippen molar-refractivity contribution in [2.75, 3.05) is 18.0 Å². The van der Waals surface area contributed by atoms with Crippen molar-refractivity contribution >= 4 is 22.8 Å². The average molecular weight is 238 g/mol. The molecule has 1 fully saturated rings. The third kappa shape index (κ3) is 1.98. The van der Waals surface area contributed by atoms with Gasteiger partial charge in [0.15, 0.2) is 11.4 Å². The van der Waals surface area contributed by atoms with Gasteiger partial charge in [-0.2, -0.15) is 0 Å². The smallest absolute Gasteiger partial charge is 0.186 e. The van der Waals surface area contributed by atoms with E-state index in [-0.39, 0.29) is 0 Å². The first-order valence-corrected chi connectivity index (χ1v) is 6.67. The lowest BCUT2D eigenvalue weighted by molar-refractivity contribution is 0.112. The van der Waals surface area contributed by atoms with E-state index in [1.54, 1.807) is 0 Å². The highest BCUT2D eigenvalue weighted by molar-refractivity contribution is 7.17. The van der Waals surface area contributed by atoms with Crippen LogP contribution in [-0.4, -0.2) is 24.4 Å². The number of aryl methyl sites for hydroxylation is 1. The van der Waals surface area contributed by atoms with Crippen molar-refractivity contribution in [1.82, 2.24) is 4.98 Å². The number of carbonyl (C=O) groups is 1. The van der Waals surface area contributed by atoms with Gasteiger partial charge in [-0.05, 0) is 18.3 Å². The van der Waals surface area contributed by atoms with Crippen LogP contribution in [0.4, 0.5) is 5.13 Å². The van der Waals surface area contributed by atoms with Crippen molar-refractivity contribution in [3.63, 3.8) is 0 Å². The highest BCUT2D eigenvalue weighted by atomic mass is 32.1. The normalized spacial score (nSPS) is 25.1. The molecule has 0 saturated carbocycles. The van der Waals surface area contributed by atoms with Crippen molar-refractivity contribution in [2.24, 2.45) is 11.8 Å². The molecule has 4 heteroatoms. The molecule has 0 radical (unpaired) electrons. The van der Waals surface area contributed by atoms with E-state index in [1.807, 2.05) is 6.92 Å². The van der Waals surface area contributed by atoms with E-state index < -0.39 is 0 Å². The summed E-state index contributed by atoms with van der Waals surface area (Å²) in [5, 5.41) is 1.02. The summed E-state index contributed by atoms with van der Waals surface area (Å²) in [6.07, 6.45) is 1.77. The largest absolute Gasteiger partial charge is 0.348 e. The van der Waals surface area contributed by atoms with Crippen LogP contribution < -0.4 is 4.90 Å². The Balaban J connectivity index is 2.21. The van der Waals surface area contributed by atoms with Gasteiger partial charge in [-0.25, -0.2) is 4.98 Å². The van der Waals surface area contributed by atoms with Gasteiger partial charge in [0.05, 0.1) is 10.6 Å². The lowest BCUT2D eigenvalue weighted by Gasteiger charge is -2.13. The number of aldehydes is 1. The predicted octanol–water partition coefficient (Wildman–Crippen LogP) is 2.61. The molecule has 0 amide bonds. The Hall–Kier alpha value is -0.900. The summed E-state index contributed by atoms with van der Waals surface area (Å²) < 4.78 is 0. The first kappa shape index (κ1) is 11.6. The molecule has 1 aromatic rings. The second kappa shape index (κ2) is 4.53. The molecule has 1 aromatic heterocycles. The van der Waals surface area contributed by atoms with Crippen LogP contribution in [0.15, 0.2) is 0 Å². The second-order valence-electron chi connectivity index (χ2n) is 4.64. The van der Waals surface area contributed by atoms with Gasteiger partial charge in [0.2, 0.25) is 0 Å². The molecule has 3 nitrogen and oxygen atoms in total. The third-order valence-corrected chi connectivity index (χ3v) is 4.50. The van der Waals surface area contributed by atoms with E-state index in [0.717, 1.165) is 41.5 Å². The molecule has 0 bridgehead atoms. The molecule has 0 aliphatic carbocycles. The minimum Gasteiger partial charge on any atom is -0.348 e. The molecule has 2 atom stereocenters. The van der Waals surface area contributed by atoms with Gasteiger partial charge in [-0.3, -0.25) is 4.79 Å². The topological polar surface area (TPSA) is 33.2 Å². The summed E-state index contributed by atoms with van der Waals surface area (Å²) in [5.41, 5.74) is 0.946. The lowest BCUT2D eigenvalue weighted by Crippen LogP contribution is -2.19. The fraction of sp³-hybridized carbons (Fsp3) is 0.667. The van der Waals surface area contributed by atoms with Crippen LogP contribution in [0.25, 0.3) is 0 Å². The lowest BCUT2D eigenvalue weighted by atomic mass is 10.0. The van der Waals surface area contributed by atoms with Gasteiger partial charge in [0.1, 0.15) is 0 Å². The molecule has 0 aromatic carbocycles. The van der Waals surface area contributed by atoms with Gasteiger partial charge in [0.25, 0.3) is 0 Å². The second-order valence-corrected chi connectivity index (χ2v) is 5.65. The molecular weight excluding hydrogens is 220 g/mol. The molecule has 1 aliphatic heterocycles. The van der Waals surface area contributed by atoms with Crippen molar-refractivity contribution in [3.05, 3.63) is 10.6 Å². The Kier molecular flexibility index (Phi) is 3.28. The fourth-order valence-corrected chi connectivity index (χ4v) is 3.10. The molecule has 0 spiro atoms. The molecule has 2 rings (SSSR count). The summed E-state index contributed by atoms with van der Waals surface area (Å²) in [7, 11) is 0. The van der Waals surface area contributed by atoms with Crippen LogP contribution in [0.1, 0.15) is 36.1 Å². The maximum absolute atomic E-state index is 10.9. The average Bonchev–Trinajstić information content (AvgIpc) is 2.83. The van der Waals surface area contributed by atoms with Gasteiger partial charge in [0, 0.05) is 13.1 Å². The van der Waals surface area contributed by atoms with Gasteiger partial charge >= 0.3 is 0 Å². The molecule has 16 heavy (non-hydrogen) atoms. The van der Waals surface area contributed by atoms with Crippen molar-refractivity contribution < 1.29 is 4.79 Å². The number of hydrogen-bond donors (Lipinski definition) is 0. The Morgan fingerprint density at radius 2 is 2.06 bits per heavy atom. The Morgan fingerprint density at radius 1 is 1.44 bits per heavy atom. The Labute approximate surface area is 100 Å². The molecular formula is C12H18N2OS. The predicted molar refractivity (Wildman–Crippen MR) is 67.4 cm³/mol. The van der Waals surface area contributed by atoms with Gasteiger partial charge < -0.3 is 4.90 Å². The van der Waals surface area contributed by atoms with Crippen molar-refractivity contribution in [2.45, 2.75) is 27.2 Å². The number of anilines is 1. The monoisotopic (exact) mass is 238 g/mol. The standard InChI is InChI=1S/C12H18N2OS/c1-4-10-11(7-15)16-12(13-10)14-5-8(2)9(3)6-14/h7-9H,4-6H2,1-3H3. The summed E-state index contributed by atoms with van der Waals surface area (Å²) in [6, 6.07) is 0. The molecule has 2 unspecified atom stereocenters. The zero-order valence-electron chi connectivity index (χ0n) is 10.1. The van der Waals surface area contributed by atoms with Crippen LogP contribution in [0.3, 0.4) is 0 Å². The zero-order valence-corrected chi connectivity index (χ0v) is 10.9. The van der Waals surface area contributed by atoms with E-state index in [2.05, 4.69) is 23.7 Å². The Morgan fingerprint density at radius 3 is 2.50 bits per heavy atom. The minimum absolute atomic E-state index is 0.716. The Bertz CT molecular complexity index is 378. The molecule has 1 aliphatic rings. The summed E-state index contributed by atoms with van der Waals surface area (Å²) >= 11 is 1.53. The number of hydrogen-bond acceptors (Lipinski definition) is 4. The summed E-state index contributed by atoms with van der Waals surface area (Å²) in [5.74, 6) is 1.43.